The van der Waals surface area contributed by atoms with E-state index in [2.05, 4.69) is 10.3 Å². The Hall–Kier alpha value is -2.30. The minimum Gasteiger partial charge on any atom is -0.478 e. The number of carboxylic acids is 1. The Morgan fingerprint density at radius 1 is 1.50 bits per heavy atom. The number of nitrogens with one attached hydrogen (secondary N) is 1. The van der Waals surface area contributed by atoms with Gasteiger partial charge in [-0.3, -0.25) is 0 Å². The highest BCUT2D eigenvalue weighted by atomic mass is 16.4. The van der Waals surface area contributed by atoms with Gasteiger partial charge in [0.15, 0.2) is 0 Å². The van der Waals surface area contributed by atoms with Gasteiger partial charge in [0, 0.05) is 18.2 Å². The predicted molar refractivity (Wildman–Crippen MR) is 76.2 cm³/mol. The number of aromatic carboxylic acids is 1. The molecule has 0 aliphatic heterocycles. The van der Waals surface area contributed by atoms with Crippen LogP contribution >= 0.6 is 0 Å². The number of rotatable bonds is 5. The average molecular weight is 274 g/mol. The molecule has 0 aliphatic rings. The van der Waals surface area contributed by atoms with Crippen LogP contribution in [0.4, 0.5) is 5.82 Å². The zero-order valence-electron chi connectivity index (χ0n) is 11.8. The maximum Gasteiger partial charge on any atom is 0.339 e. The van der Waals surface area contributed by atoms with E-state index in [0.717, 1.165) is 11.5 Å². The Bertz CT molecular complexity index is 606. The van der Waals surface area contributed by atoms with Crippen molar-refractivity contribution in [3.8, 4) is 0 Å². The zero-order valence-corrected chi connectivity index (χ0v) is 11.8. The number of carbonyl (C=O) groups is 1. The van der Waals surface area contributed by atoms with Crippen molar-refractivity contribution in [2.45, 2.75) is 33.2 Å². The molecule has 20 heavy (non-hydrogen) atoms. The molecule has 0 saturated carbocycles. The topological polar surface area (TPSA) is 75.4 Å². The minimum atomic E-state index is -0.970. The first-order chi connectivity index (χ1) is 9.47. The molecule has 5 nitrogen and oxygen atoms in total. The molecule has 0 radical (unpaired) electrons. The highest BCUT2D eigenvalue weighted by molar-refractivity contribution is 5.94. The molecule has 106 valence electrons. The lowest BCUT2D eigenvalue weighted by molar-refractivity contribution is 0.0697. The lowest BCUT2D eigenvalue weighted by Gasteiger charge is -2.16. The Morgan fingerprint density at radius 3 is 2.85 bits per heavy atom. The summed E-state index contributed by atoms with van der Waals surface area (Å²) < 4.78 is 5.29. The maximum absolute atomic E-state index is 11.4. The summed E-state index contributed by atoms with van der Waals surface area (Å²) in [5.41, 5.74) is 1.72. The molecule has 0 saturated heterocycles. The maximum atomic E-state index is 11.4. The fourth-order valence-corrected chi connectivity index (χ4v) is 2.23. The van der Waals surface area contributed by atoms with Crippen molar-refractivity contribution >= 4 is 11.8 Å². The third kappa shape index (κ3) is 3.17. The van der Waals surface area contributed by atoms with E-state index >= 15 is 0 Å². The number of hydrogen-bond donors (Lipinski definition) is 2. The molecule has 0 fully saturated rings. The van der Waals surface area contributed by atoms with E-state index < -0.39 is 5.97 Å². The number of anilines is 1. The van der Waals surface area contributed by atoms with Crippen LogP contribution in [-0.4, -0.2) is 22.1 Å². The highest BCUT2D eigenvalue weighted by Crippen LogP contribution is 2.20. The van der Waals surface area contributed by atoms with Gasteiger partial charge < -0.3 is 14.8 Å². The first-order valence-corrected chi connectivity index (χ1v) is 6.48. The fourth-order valence-electron chi connectivity index (χ4n) is 2.23. The van der Waals surface area contributed by atoms with Crippen molar-refractivity contribution in [3.63, 3.8) is 0 Å². The SMILES string of the molecule is Cc1cc(C)c(C(=O)O)c(NC(C)Cc2ccco2)n1. The summed E-state index contributed by atoms with van der Waals surface area (Å²) in [7, 11) is 0. The number of nitrogens with zero attached hydrogens (tertiary/aromatic N) is 1. The predicted octanol–water partition coefficient (Wildman–Crippen LogP) is 3.03. The Kier molecular flexibility index (Phi) is 4.08. The second-order valence-corrected chi connectivity index (χ2v) is 4.94. The molecule has 1 unspecified atom stereocenters. The molecule has 0 bridgehead atoms. The molecule has 2 N–H and O–H groups in total. The van der Waals surface area contributed by atoms with Gasteiger partial charge in [0.25, 0.3) is 0 Å². The van der Waals surface area contributed by atoms with Crippen LogP contribution in [0.1, 0.15) is 34.3 Å². The monoisotopic (exact) mass is 274 g/mol. The van der Waals surface area contributed by atoms with E-state index in [1.54, 1.807) is 19.3 Å². The summed E-state index contributed by atoms with van der Waals surface area (Å²) in [6.07, 6.45) is 2.29. The molecular formula is C15H18N2O3. The summed E-state index contributed by atoms with van der Waals surface area (Å²) in [4.78, 5) is 15.7. The van der Waals surface area contributed by atoms with Crippen LogP contribution in [0.2, 0.25) is 0 Å². The van der Waals surface area contributed by atoms with Gasteiger partial charge in [-0.25, -0.2) is 9.78 Å². The Morgan fingerprint density at radius 2 is 2.25 bits per heavy atom. The van der Waals surface area contributed by atoms with Crippen molar-refractivity contribution in [1.82, 2.24) is 4.98 Å². The van der Waals surface area contributed by atoms with Gasteiger partial charge >= 0.3 is 5.97 Å². The average Bonchev–Trinajstić information content (AvgIpc) is 2.79. The van der Waals surface area contributed by atoms with E-state index in [9.17, 15) is 9.90 Å². The van der Waals surface area contributed by atoms with E-state index in [1.807, 2.05) is 26.0 Å². The molecular weight excluding hydrogens is 256 g/mol. The minimum absolute atomic E-state index is 0.0212. The Labute approximate surface area is 117 Å². The van der Waals surface area contributed by atoms with Crippen LogP contribution in [0, 0.1) is 13.8 Å². The van der Waals surface area contributed by atoms with Crippen LogP contribution in [0.15, 0.2) is 28.9 Å². The normalized spacial score (nSPS) is 12.2. The molecule has 0 aromatic carbocycles. The molecule has 1 atom stereocenters. The van der Waals surface area contributed by atoms with Crippen molar-refractivity contribution in [2.24, 2.45) is 0 Å². The molecule has 0 spiro atoms. The lowest BCUT2D eigenvalue weighted by atomic mass is 10.1. The van der Waals surface area contributed by atoms with Gasteiger partial charge in [0.1, 0.15) is 17.1 Å². The first kappa shape index (κ1) is 14.1. The molecule has 2 heterocycles. The van der Waals surface area contributed by atoms with Crippen LogP contribution in [0.3, 0.4) is 0 Å². The van der Waals surface area contributed by atoms with Gasteiger partial charge in [-0.15, -0.1) is 0 Å². The third-order valence-corrected chi connectivity index (χ3v) is 3.03. The number of aromatic nitrogens is 1. The van der Waals surface area contributed by atoms with E-state index in [-0.39, 0.29) is 11.6 Å². The van der Waals surface area contributed by atoms with Gasteiger partial charge in [0.05, 0.1) is 6.26 Å². The molecule has 5 heteroatoms. The van der Waals surface area contributed by atoms with E-state index in [0.29, 0.717) is 17.8 Å². The fraction of sp³-hybridized carbons (Fsp3) is 0.333. The smallest absolute Gasteiger partial charge is 0.339 e. The molecule has 2 aromatic heterocycles. The standard InChI is InChI=1S/C15H18N2O3/c1-9-7-10(2)16-14(13(9)15(18)19)17-11(3)8-12-5-4-6-20-12/h4-7,11H,8H2,1-3H3,(H,16,17)(H,18,19). The van der Waals surface area contributed by atoms with Crippen molar-refractivity contribution < 1.29 is 14.3 Å². The number of hydrogen-bond acceptors (Lipinski definition) is 4. The summed E-state index contributed by atoms with van der Waals surface area (Å²) >= 11 is 0. The van der Waals surface area contributed by atoms with Gasteiger partial charge in [-0.2, -0.15) is 0 Å². The third-order valence-electron chi connectivity index (χ3n) is 3.03. The second-order valence-electron chi connectivity index (χ2n) is 4.94. The second kappa shape index (κ2) is 5.77. The summed E-state index contributed by atoms with van der Waals surface area (Å²) in [5, 5.41) is 12.5. The van der Waals surface area contributed by atoms with Crippen molar-refractivity contribution in [2.75, 3.05) is 5.32 Å². The van der Waals surface area contributed by atoms with Crippen LogP contribution in [-0.2, 0) is 6.42 Å². The van der Waals surface area contributed by atoms with Crippen molar-refractivity contribution in [1.29, 1.82) is 0 Å². The van der Waals surface area contributed by atoms with Crippen LogP contribution < -0.4 is 5.32 Å². The lowest BCUT2D eigenvalue weighted by Crippen LogP contribution is -2.21. The number of pyridine rings is 1. The molecule has 0 amide bonds. The van der Waals surface area contributed by atoms with Gasteiger partial charge in [-0.1, -0.05) is 0 Å². The first-order valence-electron chi connectivity index (χ1n) is 6.48. The summed E-state index contributed by atoms with van der Waals surface area (Å²) in [6.45, 7) is 5.59. The highest BCUT2D eigenvalue weighted by Gasteiger charge is 2.17. The van der Waals surface area contributed by atoms with Gasteiger partial charge in [0.2, 0.25) is 0 Å². The molecule has 0 aliphatic carbocycles. The zero-order chi connectivity index (χ0) is 14.7. The van der Waals surface area contributed by atoms with Crippen molar-refractivity contribution in [3.05, 3.63) is 47.0 Å². The number of aryl methyl sites for hydroxylation is 2. The van der Waals surface area contributed by atoms with E-state index in [1.165, 1.54) is 0 Å². The van der Waals surface area contributed by atoms with Crippen LogP contribution in [0.5, 0.6) is 0 Å². The summed E-state index contributed by atoms with van der Waals surface area (Å²) in [5.74, 6) is 0.294. The molecule has 2 aromatic rings. The largest absolute Gasteiger partial charge is 0.478 e. The van der Waals surface area contributed by atoms with E-state index in [4.69, 9.17) is 4.42 Å². The van der Waals surface area contributed by atoms with Gasteiger partial charge in [-0.05, 0) is 44.5 Å². The Balaban J connectivity index is 2.21. The summed E-state index contributed by atoms with van der Waals surface area (Å²) in [6, 6.07) is 5.52. The van der Waals surface area contributed by atoms with Crippen LogP contribution in [0.25, 0.3) is 0 Å². The quantitative estimate of drug-likeness (QED) is 0.876. The molecule has 2 rings (SSSR count). The number of carboxylic acid groups (broad SMARTS) is 1. The number of furan rings is 1.